The molecule has 0 heterocycles. The van der Waals surface area contributed by atoms with Crippen LogP contribution in [0.15, 0.2) is 82.8 Å². The summed E-state index contributed by atoms with van der Waals surface area (Å²) >= 11 is 0. The molecular weight excluding hydrogens is 370 g/mol. The molecule has 2 aromatic rings. The number of hydrogen-bond acceptors (Lipinski definition) is 3. The van der Waals surface area contributed by atoms with E-state index < -0.39 is 9.84 Å². The van der Waals surface area contributed by atoms with Gasteiger partial charge in [0.2, 0.25) is 0 Å². The first kappa shape index (κ1) is 21.6. The lowest BCUT2D eigenvalue weighted by molar-refractivity contribution is -0.112. The van der Waals surface area contributed by atoms with Gasteiger partial charge in [-0.1, -0.05) is 53.6 Å². The maximum atomic E-state index is 12.8. The maximum absolute atomic E-state index is 12.8. The van der Waals surface area contributed by atoms with Crippen LogP contribution < -0.4 is 5.32 Å². The molecule has 5 heteroatoms. The number of anilines is 1. The lowest BCUT2D eigenvalue weighted by atomic mass is 10.1. The summed E-state index contributed by atoms with van der Waals surface area (Å²) in [5.74, 6) is -0.720. The van der Waals surface area contributed by atoms with Crippen LogP contribution in [0.4, 0.5) is 5.69 Å². The first-order valence-corrected chi connectivity index (χ1v) is 10.9. The van der Waals surface area contributed by atoms with Gasteiger partial charge in [-0.2, -0.15) is 0 Å². The molecule has 4 nitrogen and oxygen atoms in total. The zero-order valence-corrected chi connectivity index (χ0v) is 17.4. The van der Waals surface area contributed by atoms with Crippen molar-refractivity contribution in [2.45, 2.75) is 38.5 Å². The molecule has 1 N–H and O–H groups in total. The van der Waals surface area contributed by atoms with Crippen molar-refractivity contribution in [3.05, 3.63) is 83.5 Å². The van der Waals surface area contributed by atoms with Crippen molar-refractivity contribution in [1.29, 1.82) is 0 Å². The fraction of sp³-hybridized carbons (Fsp3) is 0.261. The average molecular weight is 398 g/mol. The second kappa shape index (κ2) is 10.0. The lowest BCUT2D eigenvalue weighted by Crippen LogP contribution is -2.21. The molecular formula is C23H27NO3S. The van der Waals surface area contributed by atoms with E-state index in [0.29, 0.717) is 12.1 Å². The Morgan fingerprint density at radius 1 is 0.929 bits per heavy atom. The summed E-state index contributed by atoms with van der Waals surface area (Å²) in [7, 11) is -3.61. The van der Waals surface area contributed by atoms with Gasteiger partial charge >= 0.3 is 0 Å². The second-order valence-corrected chi connectivity index (χ2v) is 8.97. The number of rotatable bonds is 8. The highest BCUT2D eigenvalue weighted by molar-refractivity contribution is 7.91. The number of carbonyl (C=O) groups excluding carboxylic acids is 1. The van der Waals surface area contributed by atoms with Crippen molar-refractivity contribution in [1.82, 2.24) is 0 Å². The number of allylic oxidation sites excluding steroid dienone is 3. The van der Waals surface area contributed by atoms with Gasteiger partial charge in [0, 0.05) is 11.3 Å². The molecule has 0 aliphatic heterocycles. The van der Waals surface area contributed by atoms with Gasteiger partial charge in [0.15, 0.2) is 9.84 Å². The molecule has 0 fully saturated rings. The monoisotopic (exact) mass is 397 g/mol. The summed E-state index contributed by atoms with van der Waals surface area (Å²) < 4.78 is 25.6. The highest BCUT2D eigenvalue weighted by atomic mass is 32.2. The normalized spacial score (nSPS) is 11.8. The van der Waals surface area contributed by atoms with Gasteiger partial charge < -0.3 is 5.32 Å². The van der Waals surface area contributed by atoms with Gasteiger partial charge in [0.1, 0.15) is 0 Å². The summed E-state index contributed by atoms with van der Waals surface area (Å²) in [6.07, 6.45) is 5.16. The van der Waals surface area contributed by atoms with Gasteiger partial charge in [-0.15, -0.1) is 0 Å². The lowest BCUT2D eigenvalue weighted by Gasteiger charge is -2.11. The number of sulfone groups is 1. The molecule has 0 saturated heterocycles. The van der Waals surface area contributed by atoms with Gasteiger partial charge in [0.25, 0.3) is 5.91 Å². The van der Waals surface area contributed by atoms with Crippen LogP contribution in [0.1, 0.15) is 32.3 Å². The number of benzene rings is 2. The Morgan fingerprint density at radius 3 is 2.14 bits per heavy atom. The van der Waals surface area contributed by atoms with Crippen LogP contribution in [0, 0.1) is 6.92 Å². The first-order chi connectivity index (χ1) is 13.3. The number of nitrogens with one attached hydrogen (secondary N) is 1. The molecule has 0 radical (unpaired) electrons. The minimum Gasteiger partial charge on any atom is -0.322 e. The predicted molar refractivity (Wildman–Crippen MR) is 115 cm³/mol. The number of hydrogen-bond donors (Lipinski definition) is 1. The Morgan fingerprint density at radius 2 is 1.54 bits per heavy atom. The van der Waals surface area contributed by atoms with Crippen LogP contribution >= 0.6 is 0 Å². The summed E-state index contributed by atoms with van der Waals surface area (Å²) in [6, 6.07) is 15.7. The largest absolute Gasteiger partial charge is 0.322 e. The summed E-state index contributed by atoms with van der Waals surface area (Å²) in [5.41, 5.74) is 3.07. The zero-order valence-electron chi connectivity index (χ0n) is 16.6. The van der Waals surface area contributed by atoms with E-state index in [9.17, 15) is 13.2 Å². The van der Waals surface area contributed by atoms with E-state index >= 15 is 0 Å². The third-order valence-corrected chi connectivity index (χ3v) is 5.84. The fourth-order valence-electron chi connectivity index (χ4n) is 2.61. The molecule has 0 atom stereocenters. The van der Waals surface area contributed by atoms with Crippen molar-refractivity contribution in [3.8, 4) is 0 Å². The van der Waals surface area contributed by atoms with Crippen LogP contribution in [-0.4, -0.2) is 20.1 Å². The number of amides is 1. The van der Waals surface area contributed by atoms with Gasteiger partial charge in [-0.3, -0.25) is 4.79 Å². The first-order valence-electron chi connectivity index (χ1n) is 9.26. The predicted octanol–water partition coefficient (Wildman–Crippen LogP) is 5.08. The van der Waals surface area contributed by atoms with Crippen LogP contribution in [-0.2, 0) is 14.6 Å². The Labute approximate surface area is 167 Å². The Kier molecular flexibility index (Phi) is 7.76. The van der Waals surface area contributed by atoms with E-state index in [1.54, 1.807) is 42.5 Å². The van der Waals surface area contributed by atoms with Crippen LogP contribution in [0.3, 0.4) is 0 Å². The van der Waals surface area contributed by atoms with Crippen molar-refractivity contribution < 1.29 is 13.2 Å². The van der Waals surface area contributed by atoms with E-state index in [0.717, 1.165) is 12.0 Å². The van der Waals surface area contributed by atoms with E-state index in [2.05, 4.69) is 11.4 Å². The molecule has 2 aromatic carbocycles. The van der Waals surface area contributed by atoms with Crippen LogP contribution in [0.25, 0.3) is 0 Å². The molecule has 1 amide bonds. The Bertz CT molecular complexity index is 953. The molecule has 28 heavy (non-hydrogen) atoms. The number of unbranched alkanes of at least 4 members (excludes halogenated alkanes) is 1. The number of para-hydroxylation sites is 1. The third-order valence-electron chi connectivity index (χ3n) is 4.16. The molecule has 2 rings (SSSR count). The average Bonchev–Trinajstić information content (AvgIpc) is 2.65. The highest BCUT2D eigenvalue weighted by Gasteiger charge is 2.21. The molecule has 0 aromatic heterocycles. The van der Waals surface area contributed by atoms with Crippen molar-refractivity contribution >= 4 is 21.4 Å². The maximum Gasteiger partial charge on any atom is 0.252 e. The van der Waals surface area contributed by atoms with Crippen LogP contribution in [0.5, 0.6) is 0 Å². The quantitative estimate of drug-likeness (QED) is 0.384. The van der Waals surface area contributed by atoms with Crippen molar-refractivity contribution in [3.63, 3.8) is 0 Å². The smallest absolute Gasteiger partial charge is 0.252 e. The SMILES string of the molecule is CC(C)=CCC/C=C(/CS(=O)(=O)c1ccc(C)cc1)C(=O)Nc1ccccc1. The van der Waals surface area contributed by atoms with E-state index in [4.69, 9.17) is 0 Å². The van der Waals surface area contributed by atoms with Gasteiger partial charge in [-0.05, 0) is 57.9 Å². The number of aryl methyl sites for hydroxylation is 1. The summed E-state index contributed by atoms with van der Waals surface area (Å²) in [4.78, 5) is 13.0. The van der Waals surface area contributed by atoms with E-state index in [1.807, 2.05) is 39.0 Å². The highest BCUT2D eigenvalue weighted by Crippen LogP contribution is 2.17. The topological polar surface area (TPSA) is 63.2 Å². The Hall–Kier alpha value is -2.66. The van der Waals surface area contributed by atoms with E-state index in [-0.39, 0.29) is 22.1 Å². The standard InChI is InChI=1S/C23H27NO3S/c1-18(2)9-7-8-10-20(23(25)24-21-11-5-4-6-12-21)17-28(26,27)22-15-13-19(3)14-16-22/h4-6,9-16H,7-8,17H2,1-3H3,(H,24,25)/b20-10-. The third kappa shape index (κ3) is 6.82. The molecule has 148 valence electrons. The second-order valence-electron chi connectivity index (χ2n) is 6.98. The molecule has 0 aliphatic rings. The minimum absolute atomic E-state index is 0.223. The van der Waals surface area contributed by atoms with Crippen molar-refractivity contribution in [2.75, 3.05) is 11.1 Å². The van der Waals surface area contributed by atoms with Gasteiger partial charge in [0.05, 0.1) is 10.6 Å². The number of carbonyl (C=O) groups is 1. The molecule has 0 saturated carbocycles. The molecule has 0 aliphatic carbocycles. The summed E-state index contributed by atoms with van der Waals surface area (Å²) in [6.45, 7) is 5.92. The molecule has 0 unspecified atom stereocenters. The van der Waals surface area contributed by atoms with E-state index in [1.165, 1.54) is 5.57 Å². The fourth-order valence-corrected chi connectivity index (χ4v) is 3.99. The van der Waals surface area contributed by atoms with Gasteiger partial charge in [-0.25, -0.2) is 8.42 Å². The Balaban J connectivity index is 2.23. The van der Waals surface area contributed by atoms with Crippen LogP contribution in [0.2, 0.25) is 0 Å². The van der Waals surface area contributed by atoms with Crippen molar-refractivity contribution in [2.24, 2.45) is 0 Å². The summed E-state index contributed by atoms with van der Waals surface area (Å²) in [5, 5.41) is 2.79. The zero-order chi connectivity index (χ0) is 20.6. The molecule has 0 spiro atoms. The minimum atomic E-state index is -3.61. The molecule has 0 bridgehead atoms.